The zero-order valence-corrected chi connectivity index (χ0v) is 6.59. The van der Waals surface area contributed by atoms with Gasteiger partial charge in [-0.05, 0) is 11.6 Å². The summed E-state index contributed by atoms with van der Waals surface area (Å²) < 4.78 is 38.0. The van der Waals surface area contributed by atoms with Crippen molar-refractivity contribution in [1.29, 1.82) is 0 Å². The molecule has 2 aromatic rings. The molecular weight excluding hydrogens is 166 g/mol. The van der Waals surface area contributed by atoms with Crippen molar-refractivity contribution in [3.8, 4) is 0 Å². The van der Waals surface area contributed by atoms with Gasteiger partial charge < -0.3 is 10.1 Å². The van der Waals surface area contributed by atoms with Gasteiger partial charge >= 0.3 is 5.97 Å². The molecule has 0 aliphatic heterocycles. The third kappa shape index (κ3) is 1.40. The number of aromatic amines is 1. The molecule has 66 valence electrons. The molecule has 0 fully saturated rings. The number of carbonyl (C=O) groups is 1. The van der Waals surface area contributed by atoms with Gasteiger partial charge in [0, 0.05) is 17.1 Å². The van der Waals surface area contributed by atoms with Crippen LogP contribution < -0.4 is 0 Å². The lowest BCUT2D eigenvalue weighted by Crippen LogP contribution is -1.98. The van der Waals surface area contributed by atoms with Crippen molar-refractivity contribution in [2.45, 2.75) is 6.42 Å². The second-order valence-corrected chi connectivity index (χ2v) is 2.57. The van der Waals surface area contributed by atoms with Gasteiger partial charge in [0.2, 0.25) is 0 Å². The van der Waals surface area contributed by atoms with Crippen LogP contribution in [0.1, 0.15) is 11.0 Å². The van der Waals surface area contributed by atoms with Gasteiger partial charge in [0.25, 0.3) is 0 Å². The molecule has 1 heterocycles. The third-order valence-electron chi connectivity index (χ3n) is 1.67. The summed E-state index contributed by atoms with van der Waals surface area (Å²) in [6, 6.07) is 0.333. The van der Waals surface area contributed by atoms with Crippen molar-refractivity contribution in [3.63, 3.8) is 0 Å². The van der Waals surface area contributed by atoms with Crippen molar-refractivity contribution >= 4 is 16.9 Å². The third-order valence-corrected chi connectivity index (χ3v) is 1.67. The van der Waals surface area contributed by atoms with Crippen LogP contribution in [0.25, 0.3) is 10.9 Å². The van der Waals surface area contributed by atoms with Crippen molar-refractivity contribution in [1.82, 2.24) is 4.98 Å². The Kier molecular flexibility index (Phi) is 0.894. The molecule has 1 aromatic heterocycles. The molecule has 0 radical (unpaired) electrons. The van der Waals surface area contributed by atoms with Crippen LogP contribution in [-0.4, -0.2) is 16.1 Å². The molecule has 0 aliphatic rings. The maximum absolute atomic E-state index is 10.7. The van der Waals surface area contributed by atoms with E-state index in [0.717, 1.165) is 0 Å². The number of carboxylic acid groups (broad SMARTS) is 1. The number of rotatable bonds is 2. The molecule has 0 saturated carbocycles. The van der Waals surface area contributed by atoms with Crippen LogP contribution in [-0.2, 0) is 11.2 Å². The fourth-order valence-electron chi connectivity index (χ4n) is 1.12. The second-order valence-electron chi connectivity index (χ2n) is 2.57. The first-order valence-electron chi connectivity index (χ1n) is 6.11. The maximum atomic E-state index is 10.7. The van der Waals surface area contributed by atoms with Crippen molar-refractivity contribution in [2.24, 2.45) is 0 Å². The molecule has 2 rings (SSSR count). The standard InChI is InChI=1S/C10H9NO2/c12-10(13)5-7-6-11-9-4-2-1-3-8(7)9/h1-4,6,11H,5H2,(H,12,13)/i1D,2D,3D,6D/hD. The van der Waals surface area contributed by atoms with Crippen LogP contribution in [0.3, 0.4) is 0 Å². The van der Waals surface area contributed by atoms with Crippen molar-refractivity contribution < 1.29 is 16.8 Å². The van der Waals surface area contributed by atoms with E-state index >= 15 is 0 Å². The summed E-state index contributed by atoms with van der Waals surface area (Å²) in [6.07, 6.45) is -0.810. The molecule has 0 saturated heterocycles. The summed E-state index contributed by atoms with van der Waals surface area (Å²) in [6.45, 7) is 0. The van der Waals surface area contributed by atoms with Crippen LogP contribution in [0.15, 0.2) is 30.4 Å². The number of hydrogen-bond donors (Lipinski definition) is 2. The maximum Gasteiger partial charge on any atom is 0.307 e. The van der Waals surface area contributed by atoms with Crippen LogP contribution in [0.4, 0.5) is 0 Å². The molecule has 0 amide bonds. The number of nitrogens with one attached hydrogen (secondary N) is 1. The lowest BCUT2D eigenvalue weighted by atomic mass is 10.1. The van der Waals surface area contributed by atoms with Gasteiger partial charge in [-0.2, -0.15) is 0 Å². The Labute approximate surface area is 82.1 Å². The molecule has 1 aromatic carbocycles. The van der Waals surface area contributed by atoms with Crippen LogP contribution in [0.2, 0.25) is 1.41 Å². The molecule has 13 heavy (non-hydrogen) atoms. The lowest BCUT2D eigenvalue weighted by molar-refractivity contribution is -0.136. The molecule has 0 unspecified atom stereocenters. The minimum atomic E-state index is -1.17. The van der Waals surface area contributed by atoms with Gasteiger partial charge in [-0.25, -0.2) is 0 Å². The van der Waals surface area contributed by atoms with E-state index in [1.807, 2.05) is 0 Å². The Morgan fingerprint density at radius 2 is 2.54 bits per heavy atom. The summed E-state index contributed by atoms with van der Waals surface area (Å²) in [5.74, 6) is -1.17. The highest BCUT2D eigenvalue weighted by atomic mass is 16.4. The van der Waals surface area contributed by atoms with Crippen LogP contribution in [0, 0.1) is 0 Å². The summed E-state index contributed by atoms with van der Waals surface area (Å²) in [5, 5.41) is 8.87. The number of aliphatic carboxylic acids is 1. The smallest absolute Gasteiger partial charge is 0.307 e. The van der Waals surface area contributed by atoms with Crippen molar-refractivity contribution in [3.05, 3.63) is 35.9 Å². The van der Waals surface area contributed by atoms with E-state index in [-0.39, 0.29) is 40.8 Å². The SMILES string of the molecule is [2H]c1cc2c(c([2H])c1[2H])c(CC(=O)O)c([2H])n2[2H]. The van der Waals surface area contributed by atoms with Crippen LogP contribution in [0.5, 0.6) is 0 Å². The Bertz CT molecular complexity index is 664. The second kappa shape index (κ2) is 2.94. The molecule has 2 N–H and O–H groups in total. The van der Waals surface area contributed by atoms with Gasteiger partial charge in [0.05, 0.1) is 11.9 Å². The Morgan fingerprint density at radius 3 is 3.31 bits per heavy atom. The summed E-state index contributed by atoms with van der Waals surface area (Å²) in [5.41, 5.74) is 0.147. The van der Waals surface area contributed by atoms with Gasteiger partial charge in [0.15, 0.2) is 1.41 Å². The number of fused-ring (bicyclic) bond motifs is 1. The molecule has 0 bridgehead atoms. The predicted octanol–water partition coefficient (Wildman–Crippen LogP) is 1.79. The minimum absolute atomic E-state index is 0.0333. The van der Waals surface area contributed by atoms with E-state index in [4.69, 9.17) is 12.0 Å². The Balaban J connectivity index is 2.90. The summed E-state index contributed by atoms with van der Waals surface area (Å²) in [4.78, 5) is 11.4. The highest BCUT2D eigenvalue weighted by molar-refractivity contribution is 5.86. The van der Waals surface area contributed by atoms with Gasteiger partial charge in [-0.1, -0.05) is 18.1 Å². The number of carboxylic acids is 1. The quantitative estimate of drug-likeness (QED) is 0.740. The number of aromatic nitrogens is 1. The topological polar surface area (TPSA) is 53.1 Å². The predicted molar refractivity (Wildman–Crippen MR) is 49.6 cm³/mol. The molecule has 0 spiro atoms. The van der Waals surface area contributed by atoms with Crippen LogP contribution >= 0.6 is 0 Å². The monoisotopic (exact) mass is 180 g/mol. The number of H-pyrrole nitrogens is 1. The minimum Gasteiger partial charge on any atom is -0.481 e. The van der Waals surface area contributed by atoms with E-state index in [2.05, 4.69) is 0 Å². The first-order chi connectivity index (χ1) is 8.34. The molecule has 3 heteroatoms. The average Bonchev–Trinajstić information content (AvgIpc) is 2.51. The number of para-hydroxylation sites is 1. The lowest BCUT2D eigenvalue weighted by Gasteiger charge is -1.92. The zero-order valence-electron chi connectivity index (χ0n) is 11.6. The van der Waals surface area contributed by atoms with Gasteiger partial charge in [-0.3, -0.25) is 4.79 Å². The fraction of sp³-hybridized carbons (Fsp3) is 0.100. The van der Waals surface area contributed by atoms with E-state index in [1.165, 1.54) is 6.07 Å². The molecule has 0 aliphatic carbocycles. The zero-order chi connectivity index (χ0) is 13.6. The largest absolute Gasteiger partial charge is 0.481 e. The van der Waals surface area contributed by atoms with E-state index in [1.54, 1.807) is 0 Å². The van der Waals surface area contributed by atoms with Crippen molar-refractivity contribution in [2.75, 3.05) is 0 Å². The van der Waals surface area contributed by atoms with Gasteiger partial charge in [0.1, 0.15) is 0 Å². The molecule has 3 nitrogen and oxygen atoms in total. The highest BCUT2D eigenvalue weighted by Gasteiger charge is 2.05. The molecular formula is C10H9NO2. The average molecular weight is 180 g/mol. The Morgan fingerprint density at radius 1 is 1.69 bits per heavy atom. The summed E-state index contributed by atoms with van der Waals surface area (Å²) in [7, 11) is 0. The first-order valence-corrected chi connectivity index (χ1v) is 3.66. The number of benzene rings is 1. The van der Waals surface area contributed by atoms with E-state index in [9.17, 15) is 4.79 Å². The number of hydrogen-bond acceptors (Lipinski definition) is 1. The first kappa shape index (κ1) is 3.96. The fourth-order valence-corrected chi connectivity index (χ4v) is 1.12. The highest BCUT2D eigenvalue weighted by Crippen LogP contribution is 2.17. The molecule has 0 atom stereocenters. The van der Waals surface area contributed by atoms with E-state index in [0.29, 0.717) is 4.98 Å². The summed E-state index contributed by atoms with van der Waals surface area (Å²) >= 11 is 0. The Hall–Kier alpha value is -1.77. The van der Waals surface area contributed by atoms with E-state index < -0.39 is 12.4 Å². The van der Waals surface area contributed by atoms with Gasteiger partial charge in [-0.15, -0.1) is 0 Å². The normalized spacial score (nSPS) is 15.8.